The van der Waals surface area contributed by atoms with Crippen LogP contribution in [0, 0.1) is 15.4 Å². The molecular formula is C25H17IN2O2. The van der Waals surface area contributed by atoms with Crippen molar-refractivity contribution in [3.05, 3.63) is 104 Å². The van der Waals surface area contributed by atoms with Crippen LogP contribution < -0.4 is 0 Å². The molecule has 146 valence electrons. The van der Waals surface area contributed by atoms with Crippen molar-refractivity contribution < 1.29 is 9.59 Å². The van der Waals surface area contributed by atoms with Gasteiger partial charge in [-0.3, -0.25) is 9.59 Å². The fraction of sp³-hybridized carbons (Fsp3) is 0.160. The van der Waals surface area contributed by atoms with Gasteiger partial charge in [-0.2, -0.15) is 10.1 Å². The maximum atomic E-state index is 13.5. The van der Waals surface area contributed by atoms with Gasteiger partial charge in [-0.1, -0.05) is 66.7 Å². The summed E-state index contributed by atoms with van der Waals surface area (Å²) >= 11 is 2.23. The minimum absolute atomic E-state index is 0.0964. The average Bonchev–Trinajstić information content (AvgIpc) is 3.04. The van der Waals surface area contributed by atoms with Crippen molar-refractivity contribution in [1.82, 2.24) is 5.01 Å². The third kappa shape index (κ3) is 2.35. The molecule has 2 bridgehead atoms. The minimum Gasteiger partial charge on any atom is -0.272 e. The molecule has 1 fully saturated rings. The SMILES string of the molecule is O=C1[C@@H]2C3c4ccccc4C(c4ccccc43)[C@H]2C(=O)N1/N=C\c1ccccc1I. The summed E-state index contributed by atoms with van der Waals surface area (Å²) in [4.78, 5) is 26.9. The molecule has 3 aromatic rings. The molecule has 2 atom stereocenters. The van der Waals surface area contributed by atoms with Gasteiger partial charge in [0.25, 0.3) is 11.8 Å². The first-order valence-corrected chi connectivity index (χ1v) is 11.1. The van der Waals surface area contributed by atoms with E-state index in [2.05, 4.69) is 52.0 Å². The molecule has 1 heterocycles. The lowest BCUT2D eigenvalue weighted by molar-refractivity contribution is -0.139. The molecular weight excluding hydrogens is 487 g/mol. The zero-order valence-corrected chi connectivity index (χ0v) is 18.1. The number of amides is 2. The van der Waals surface area contributed by atoms with Crippen LogP contribution in [0.5, 0.6) is 0 Å². The highest BCUT2D eigenvalue weighted by Gasteiger charge is 2.61. The first-order chi connectivity index (χ1) is 14.7. The molecule has 0 aromatic heterocycles. The van der Waals surface area contributed by atoms with Crippen LogP contribution in [0.15, 0.2) is 77.9 Å². The highest BCUT2D eigenvalue weighted by molar-refractivity contribution is 14.1. The van der Waals surface area contributed by atoms with Crippen LogP contribution >= 0.6 is 22.6 Å². The number of carbonyl (C=O) groups is 2. The predicted octanol–water partition coefficient (Wildman–Crippen LogP) is 4.52. The van der Waals surface area contributed by atoms with Crippen LogP contribution in [0.3, 0.4) is 0 Å². The van der Waals surface area contributed by atoms with Gasteiger partial charge in [0.15, 0.2) is 0 Å². The predicted molar refractivity (Wildman–Crippen MR) is 122 cm³/mol. The standard InChI is InChI=1S/C25H17IN2O2/c26-19-12-6-1-7-14(19)13-27-28-24(29)22-20-15-8-2-3-9-16(15)21(23(22)25(28)30)18-11-5-4-10-17(18)20/h1-13,20-23H/b27-13-/t20?,21?,22-,23-/m1/s1. The van der Waals surface area contributed by atoms with Gasteiger partial charge < -0.3 is 0 Å². The van der Waals surface area contributed by atoms with E-state index in [0.29, 0.717) is 0 Å². The lowest BCUT2D eigenvalue weighted by Crippen LogP contribution is -2.41. The van der Waals surface area contributed by atoms with Gasteiger partial charge in [-0.15, -0.1) is 0 Å². The Labute approximate surface area is 187 Å². The molecule has 1 saturated heterocycles. The Bertz CT molecular complexity index is 1140. The molecule has 7 rings (SSSR count). The van der Waals surface area contributed by atoms with Crippen LogP contribution in [-0.4, -0.2) is 23.0 Å². The lowest BCUT2D eigenvalue weighted by atomic mass is 9.55. The first kappa shape index (κ1) is 18.0. The Morgan fingerprint density at radius 1 is 0.700 bits per heavy atom. The van der Waals surface area contributed by atoms with E-state index < -0.39 is 0 Å². The summed E-state index contributed by atoms with van der Waals surface area (Å²) in [5.74, 6) is -1.35. The summed E-state index contributed by atoms with van der Waals surface area (Å²) in [6.45, 7) is 0. The summed E-state index contributed by atoms with van der Waals surface area (Å²) in [6, 6.07) is 24.3. The molecule has 0 N–H and O–H groups in total. The quantitative estimate of drug-likeness (QED) is 0.293. The summed E-state index contributed by atoms with van der Waals surface area (Å²) in [5.41, 5.74) is 5.58. The number of halogens is 1. The smallest absolute Gasteiger partial charge is 0.254 e. The number of nitrogens with zero attached hydrogens (tertiary/aromatic N) is 2. The number of rotatable bonds is 2. The number of benzene rings is 3. The molecule has 4 nitrogen and oxygen atoms in total. The Balaban J connectivity index is 1.47. The van der Waals surface area contributed by atoms with Gasteiger partial charge in [-0.05, 0) is 50.9 Å². The average molecular weight is 504 g/mol. The van der Waals surface area contributed by atoms with Crippen LogP contribution in [0.2, 0.25) is 0 Å². The van der Waals surface area contributed by atoms with Crippen LogP contribution in [0.25, 0.3) is 0 Å². The number of imide groups is 1. The Hall–Kier alpha value is -2.80. The van der Waals surface area contributed by atoms with E-state index in [0.717, 1.165) is 14.1 Å². The molecule has 3 aliphatic carbocycles. The fourth-order valence-corrected chi connectivity index (χ4v) is 6.00. The fourth-order valence-electron chi connectivity index (χ4n) is 5.48. The van der Waals surface area contributed by atoms with Gasteiger partial charge in [0.2, 0.25) is 0 Å². The Kier molecular flexibility index (Phi) is 3.96. The summed E-state index contributed by atoms with van der Waals surface area (Å²) in [6.07, 6.45) is 1.62. The summed E-state index contributed by atoms with van der Waals surface area (Å²) in [5, 5.41) is 5.49. The van der Waals surface area contributed by atoms with E-state index in [1.807, 2.05) is 48.5 Å². The largest absolute Gasteiger partial charge is 0.272 e. The summed E-state index contributed by atoms with van der Waals surface area (Å²) in [7, 11) is 0. The van der Waals surface area contributed by atoms with Gasteiger partial charge in [0.1, 0.15) is 0 Å². The molecule has 30 heavy (non-hydrogen) atoms. The van der Waals surface area contributed by atoms with Gasteiger partial charge in [0, 0.05) is 21.0 Å². The Morgan fingerprint density at radius 3 is 1.60 bits per heavy atom. The van der Waals surface area contributed by atoms with Crippen molar-refractivity contribution in [3.63, 3.8) is 0 Å². The van der Waals surface area contributed by atoms with Crippen molar-refractivity contribution in [3.8, 4) is 0 Å². The maximum Gasteiger partial charge on any atom is 0.254 e. The molecule has 0 unspecified atom stereocenters. The number of hydrogen-bond donors (Lipinski definition) is 0. The molecule has 3 aromatic carbocycles. The minimum atomic E-state index is -0.390. The second-order valence-corrected chi connectivity index (χ2v) is 9.18. The second kappa shape index (κ2) is 6.60. The monoisotopic (exact) mass is 504 g/mol. The number of hydrazone groups is 1. The first-order valence-electron chi connectivity index (χ1n) is 10.0. The zero-order valence-electron chi connectivity index (χ0n) is 15.9. The molecule has 5 heteroatoms. The Morgan fingerprint density at radius 2 is 1.13 bits per heavy atom. The number of hydrogen-bond acceptors (Lipinski definition) is 3. The van der Waals surface area contributed by atoms with Crippen molar-refractivity contribution in [2.75, 3.05) is 0 Å². The number of carbonyl (C=O) groups excluding carboxylic acids is 2. The normalized spacial score (nSPS) is 26.1. The van der Waals surface area contributed by atoms with Gasteiger partial charge in [-0.25, -0.2) is 0 Å². The van der Waals surface area contributed by atoms with E-state index >= 15 is 0 Å². The zero-order chi connectivity index (χ0) is 20.4. The molecule has 2 amide bonds. The molecule has 1 aliphatic heterocycles. The van der Waals surface area contributed by atoms with Crippen molar-refractivity contribution in [2.24, 2.45) is 16.9 Å². The van der Waals surface area contributed by atoms with Gasteiger partial charge in [0.05, 0.1) is 18.1 Å². The molecule has 4 aliphatic rings. The molecule has 0 radical (unpaired) electrons. The topological polar surface area (TPSA) is 49.7 Å². The summed E-state index contributed by atoms with van der Waals surface area (Å²) < 4.78 is 1.02. The van der Waals surface area contributed by atoms with Crippen molar-refractivity contribution in [1.29, 1.82) is 0 Å². The van der Waals surface area contributed by atoms with Crippen molar-refractivity contribution >= 4 is 40.6 Å². The highest BCUT2D eigenvalue weighted by Crippen LogP contribution is 2.60. The highest BCUT2D eigenvalue weighted by atomic mass is 127. The van der Waals surface area contributed by atoms with E-state index in [1.54, 1.807) is 6.21 Å². The van der Waals surface area contributed by atoms with E-state index in [-0.39, 0.29) is 35.5 Å². The lowest BCUT2D eigenvalue weighted by Gasteiger charge is -2.45. The second-order valence-electron chi connectivity index (χ2n) is 8.02. The van der Waals surface area contributed by atoms with E-state index in [9.17, 15) is 9.59 Å². The third-order valence-corrected chi connectivity index (χ3v) is 7.63. The van der Waals surface area contributed by atoms with E-state index in [1.165, 1.54) is 22.3 Å². The maximum absolute atomic E-state index is 13.5. The van der Waals surface area contributed by atoms with Crippen LogP contribution in [0.1, 0.15) is 39.7 Å². The third-order valence-electron chi connectivity index (χ3n) is 6.64. The van der Waals surface area contributed by atoms with E-state index in [4.69, 9.17) is 0 Å². The van der Waals surface area contributed by atoms with Gasteiger partial charge >= 0.3 is 0 Å². The van der Waals surface area contributed by atoms with Crippen LogP contribution in [-0.2, 0) is 9.59 Å². The van der Waals surface area contributed by atoms with Crippen molar-refractivity contribution in [2.45, 2.75) is 11.8 Å². The van der Waals surface area contributed by atoms with Crippen LogP contribution in [0.4, 0.5) is 0 Å². The molecule has 0 saturated carbocycles. The molecule has 0 spiro atoms.